The summed E-state index contributed by atoms with van der Waals surface area (Å²) in [6.45, 7) is 2.74. The molecule has 4 nitrogen and oxygen atoms in total. The summed E-state index contributed by atoms with van der Waals surface area (Å²) in [5.74, 6) is -0.146. The van der Waals surface area contributed by atoms with E-state index in [-0.39, 0.29) is 30.0 Å². The van der Waals surface area contributed by atoms with Gasteiger partial charge in [-0.25, -0.2) is 0 Å². The Morgan fingerprint density at radius 3 is 2.32 bits per heavy atom. The summed E-state index contributed by atoms with van der Waals surface area (Å²) >= 11 is 0. The number of aliphatic hydroxyl groups is 1. The molecule has 1 aromatic carbocycles. The van der Waals surface area contributed by atoms with E-state index in [1.165, 1.54) is 12.1 Å². The lowest BCUT2D eigenvalue weighted by atomic mass is 10.0. The molecular weight excluding hydrogens is 292 g/mol. The smallest absolute Gasteiger partial charge is 0.387 e. The molecule has 0 heterocycles. The molecule has 0 aromatic heterocycles. The van der Waals surface area contributed by atoms with Crippen LogP contribution in [0.4, 0.5) is 8.78 Å². The summed E-state index contributed by atoms with van der Waals surface area (Å²) in [4.78, 5) is 11.9. The van der Waals surface area contributed by atoms with Gasteiger partial charge in [0.05, 0.1) is 18.6 Å². The molecule has 6 heteroatoms. The Hall–Kier alpha value is -1.69. The fourth-order valence-electron chi connectivity index (χ4n) is 1.98. The minimum absolute atomic E-state index is 0.0107. The van der Waals surface area contributed by atoms with E-state index in [0.717, 1.165) is 5.56 Å². The molecule has 1 aromatic rings. The number of aliphatic hydroxyl groups excluding tert-OH is 1. The Kier molecular flexibility index (Phi) is 7.24. The molecule has 1 amide bonds. The van der Waals surface area contributed by atoms with Gasteiger partial charge >= 0.3 is 6.61 Å². The second-order valence-electron chi connectivity index (χ2n) is 5.49. The molecule has 1 rings (SSSR count). The number of halogens is 2. The van der Waals surface area contributed by atoms with Crippen LogP contribution in [0.5, 0.6) is 5.75 Å². The third kappa shape index (κ3) is 5.97. The van der Waals surface area contributed by atoms with E-state index >= 15 is 0 Å². The first kappa shape index (κ1) is 18.4. The maximum Gasteiger partial charge on any atom is 0.387 e. The summed E-state index contributed by atoms with van der Waals surface area (Å²) in [5.41, 5.74) is 0.802. The largest absolute Gasteiger partial charge is 0.435 e. The van der Waals surface area contributed by atoms with Crippen molar-refractivity contribution in [3.8, 4) is 5.75 Å². The van der Waals surface area contributed by atoms with Gasteiger partial charge in [-0.2, -0.15) is 8.78 Å². The van der Waals surface area contributed by atoms with Crippen molar-refractivity contribution in [3.63, 3.8) is 0 Å². The lowest BCUT2D eigenvalue weighted by Crippen LogP contribution is -2.32. The zero-order chi connectivity index (χ0) is 16.7. The molecule has 0 fully saturated rings. The minimum atomic E-state index is -2.86. The molecule has 22 heavy (non-hydrogen) atoms. The molecule has 0 saturated carbocycles. The number of nitrogens with one attached hydrogen (secondary N) is 1. The van der Waals surface area contributed by atoms with Gasteiger partial charge in [-0.05, 0) is 30.0 Å². The molecule has 0 spiro atoms. The van der Waals surface area contributed by atoms with Gasteiger partial charge in [0.2, 0.25) is 5.91 Å². The average Bonchev–Trinajstić information content (AvgIpc) is 2.45. The van der Waals surface area contributed by atoms with Crippen molar-refractivity contribution in [2.24, 2.45) is 5.92 Å². The van der Waals surface area contributed by atoms with Crippen molar-refractivity contribution in [3.05, 3.63) is 29.8 Å². The first-order valence-electron chi connectivity index (χ1n) is 7.35. The SMILES string of the molecule is CCC(NC(=O)CC(O)C(C)C)c1ccc(OC(F)F)cc1. The predicted octanol–water partition coefficient (Wildman–Crippen LogP) is 3.26. The second kappa shape index (κ2) is 8.68. The fourth-order valence-corrected chi connectivity index (χ4v) is 1.98. The van der Waals surface area contributed by atoms with E-state index in [1.54, 1.807) is 12.1 Å². The zero-order valence-corrected chi connectivity index (χ0v) is 13.1. The molecule has 2 unspecified atom stereocenters. The van der Waals surface area contributed by atoms with E-state index in [9.17, 15) is 18.7 Å². The van der Waals surface area contributed by atoms with Gasteiger partial charge in [-0.1, -0.05) is 32.9 Å². The molecule has 2 N–H and O–H groups in total. The summed E-state index contributed by atoms with van der Waals surface area (Å²) in [6, 6.07) is 5.95. The number of carbonyl (C=O) groups excluding carboxylic acids is 1. The number of hydrogen-bond acceptors (Lipinski definition) is 3. The van der Waals surface area contributed by atoms with Crippen molar-refractivity contribution in [2.45, 2.75) is 52.4 Å². The first-order valence-corrected chi connectivity index (χ1v) is 7.35. The highest BCUT2D eigenvalue weighted by Gasteiger charge is 2.18. The van der Waals surface area contributed by atoms with Gasteiger partial charge in [-0.15, -0.1) is 0 Å². The second-order valence-corrected chi connectivity index (χ2v) is 5.49. The van der Waals surface area contributed by atoms with Crippen LogP contribution in [-0.2, 0) is 4.79 Å². The van der Waals surface area contributed by atoms with Crippen molar-refractivity contribution in [2.75, 3.05) is 0 Å². The van der Waals surface area contributed by atoms with Crippen LogP contribution in [0.15, 0.2) is 24.3 Å². The Labute approximate surface area is 129 Å². The first-order chi connectivity index (χ1) is 10.3. The Bertz CT molecular complexity index is 463. The Morgan fingerprint density at radius 1 is 1.27 bits per heavy atom. The normalized spacial score (nSPS) is 14.0. The van der Waals surface area contributed by atoms with Crippen LogP contribution in [0.25, 0.3) is 0 Å². The molecule has 0 aliphatic rings. The van der Waals surface area contributed by atoms with E-state index in [0.29, 0.717) is 6.42 Å². The zero-order valence-electron chi connectivity index (χ0n) is 13.1. The summed E-state index contributed by atoms with van der Waals surface area (Å²) in [5, 5.41) is 12.6. The van der Waals surface area contributed by atoms with E-state index < -0.39 is 12.7 Å². The van der Waals surface area contributed by atoms with Crippen molar-refractivity contribution in [1.29, 1.82) is 0 Å². The Morgan fingerprint density at radius 2 is 1.86 bits per heavy atom. The third-order valence-electron chi connectivity index (χ3n) is 3.42. The molecule has 124 valence electrons. The number of ether oxygens (including phenoxy) is 1. The number of alkyl halides is 2. The molecule has 2 atom stereocenters. The van der Waals surface area contributed by atoms with Crippen LogP contribution in [0, 0.1) is 5.92 Å². The average molecular weight is 315 g/mol. The van der Waals surface area contributed by atoms with Crippen molar-refractivity contribution in [1.82, 2.24) is 5.32 Å². The predicted molar refractivity (Wildman–Crippen MR) is 79.7 cm³/mol. The topological polar surface area (TPSA) is 58.6 Å². The fraction of sp³-hybridized carbons (Fsp3) is 0.562. The van der Waals surface area contributed by atoms with Gasteiger partial charge in [0.15, 0.2) is 0 Å². The van der Waals surface area contributed by atoms with Crippen LogP contribution in [0.1, 0.15) is 45.2 Å². The monoisotopic (exact) mass is 315 g/mol. The quantitative estimate of drug-likeness (QED) is 0.774. The summed E-state index contributed by atoms with van der Waals surface area (Å²) < 4.78 is 28.5. The number of amides is 1. The summed E-state index contributed by atoms with van der Waals surface area (Å²) in [7, 11) is 0. The third-order valence-corrected chi connectivity index (χ3v) is 3.42. The highest BCUT2D eigenvalue weighted by atomic mass is 19.3. The van der Waals surface area contributed by atoms with Gasteiger partial charge < -0.3 is 15.2 Å². The van der Waals surface area contributed by atoms with Gasteiger partial charge in [0.25, 0.3) is 0 Å². The van der Waals surface area contributed by atoms with Crippen LogP contribution in [0.2, 0.25) is 0 Å². The maximum absolute atomic E-state index is 12.1. The molecule has 0 bridgehead atoms. The lowest BCUT2D eigenvalue weighted by molar-refractivity contribution is -0.124. The molecule has 0 aliphatic carbocycles. The van der Waals surface area contributed by atoms with Gasteiger partial charge in [0.1, 0.15) is 5.75 Å². The standard InChI is InChI=1S/C16H23F2NO3/c1-4-13(19-15(21)9-14(20)10(2)3)11-5-7-12(8-6-11)22-16(17)18/h5-8,10,13-14,16,20H,4,9H2,1-3H3,(H,19,21). The van der Waals surface area contributed by atoms with Crippen LogP contribution >= 0.6 is 0 Å². The van der Waals surface area contributed by atoms with Crippen molar-refractivity contribution < 1.29 is 23.4 Å². The van der Waals surface area contributed by atoms with E-state index in [1.807, 2.05) is 20.8 Å². The molecular formula is C16H23F2NO3. The number of rotatable bonds is 8. The molecule has 0 aliphatic heterocycles. The molecule has 0 saturated heterocycles. The summed E-state index contributed by atoms with van der Waals surface area (Å²) in [6.07, 6.45) is 0.0126. The maximum atomic E-state index is 12.1. The van der Waals surface area contributed by atoms with Crippen LogP contribution in [0.3, 0.4) is 0 Å². The highest BCUT2D eigenvalue weighted by molar-refractivity contribution is 5.77. The minimum Gasteiger partial charge on any atom is -0.435 e. The van der Waals surface area contributed by atoms with E-state index in [2.05, 4.69) is 10.1 Å². The Balaban J connectivity index is 2.65. The number of benzene rings is 1. The number of carbonyl (C=O) groups is 1. The van der Waals surface area contributed by atoms with Crippen LogP contribution < -0.4 is 10.1 Å². The van der Waals surface area contributed by atoms with Crippen LogP contribution in [-0.4, -0.2) is 23.7 Å². The molecule has 0 radical (unpaired) electrons. The van der Waals surface area contributed by atoms with E-state index in [4.69, 9.17) is 0 Å². The van der Waals surface area contributed by atoms with Gasteiger partial charge in [-0.3, -0.25) is 4.79 Å². The van der Waals surface area contributed by atoms with Crippen molar-refractivity contribution >= 4 is 5.91 Å². The van der Waals surface area contributed by atoms with Gasteiger partial charge in [0, 0.05) is 0 Å². The lowest BCUT2D eigenvalue weighted by Gasteiger charge is -2.20. The number of hydrogen-bond donors (Lipinski definition) is 2. The highest BCUT2D eigenvalue weighted by Crippen LogP contribution is 2.21.